The molecular formula is C15H18N6OS2. The molecule has 0 aromatic carbocycles. The van der Waals surface area contributed by atoms with Gasteiger partial charge in [-0.15, -0.1) is 20.1 Å². The molecule has 0 fully saturated rings. The summed E-state index contributed by atoms with van der Waals surface area (Å²) in [6, 6.07) is 10.1. The molecule has 126 valence electrons. The summed E-state index contributed by atoms with van der Waals surface area (Å²) in [5.74, 6) is 1.57. The highest BCUT2D eigenvalue weighted by molar-refractivity contribution is 7.83. The summed E-state index contributed by atoms with van der Waals surface area (Å²) in [5, 5.41) is 5.16. The summed E-state index contributed by atoms with van der Waals surface area (Å²) < 4.78 is 18.7. The fourth-order valence-corrected chi connectivity index (χ4v) is 3.61. The van der Waals surface area contributed by atoms with Gasteiger partial charge in [0.05, 0.1) is 6.54 Å². The Morgan fingerprint density at radius 1 is 1.25 bits per heavy atom. The molecule has 0 amide bonds. The van der Waals surface area contributed by atoms with E-state index in [9.17, 15) is 4.21 Å². The molecule has 0 bridgehead atoms. The van der Waals surface area contributed by atoms with Gasteiger partial charge in [0.2, 0.25) is 0 Å². The van der Waals surface area contributed by atoms with Gasteiger partial charge in [0, 0.05) is 24.2 Å². The number of pyridine rings is 1. The largest absolute Gasteiger partial charge is 0.380 e. The van der Waals surface area contributed by atoms with Gasteiger partial charge in [-0.2, -0.15) is 0 Å². The van der Waals surface area contributed by atoms with Gasteiger partial charge in [0.15, 0.2) is 11.7 Å². The summed E-state index contributed by atoms with van der Waals surface area (Å²) in [5.41, 5.74) is 5.64. The van der Waals surface area contributed by atoms with Gasteiger partial charge < -0.3 is 16.0 Å². The van der Waals surface area contributed by atoms with Crippen LogP contribution in [0.4, 0.5) is 5.82 Å². The number of rotatable bonds is 7. The van der Waals surface area contributed by atoms with Crippen molar-refractivity contribution in [2.45, 2.75) is 13.0 Å². The van der Waals surface area contributed by atoms with Crippen LogP contribution in [0.15, 0.2) is 50.7 Å². The first-order valence-electron chi connectivity index (χ1n) is 7.50. The normalized spacial score (nSPS) is 16.6. The van der Waals surface area contributed by atoms with Crippen LogP contribution in [0.2, 0.25) is 0 Å². The molecule has 1 unspecified atom stereocenters. The van der Waals surface area contributed by atoms with E-state index in [-0.39, 0.29) is 5.84 Å². The Morgan fingerprint density at radius 3 is 2.83 bits per heavy atom. The van der Waals surface area contributed by atoms with E-state index >= 15 is 0 Å². The molecule has 0 spiro atoms. The van der Waals surface area contributed by atoms with E-state index in [1.165, 1.54) is 4.88 Å². The zero-order chi connectivity index (χ0) is 16.8. The maximum atomic E-state index is 11.2. The smallest absolute Gasteiger partial charge is 0.269 e. The minimum absolute atomic E-state index is 0.202. The molecule has 3 rings (SSSR count). The maximum absolute atomic E-state index is 11.2. The van der Waals surface area contributed by atoms with Crippen LogP contribution >= 0.6 is 11.3 Å². The quantitative estimate of drug-likeness (QED) is 0.727. The highest BCUT2D eigenvalue weighted by Crippen LogP contribution is 2.17. The lowest BCUT2D eigenvalue weighted by molar-refractivity contribution is 0.686. The molecule has 1 aliphatic heterocycles. The average molecular weight is 362 g/mol. The van der Waals surface area contributed by atoms with E-state index in [1.807, 2.05) is 18.2 Å². The van der Waals surface area contributed by atoms with E-state index in [0.29, 0.717) is 12.4 Å². The Labute approximate surface area is 147 Å². The summed E-state index contributed by atoms with van der Waals surface area (Å²) >= 11 is 0.156. The second-order valence-electron chi connectivity index (χ2n) is 5.12. The molecule has 24 heavy (non-hydrogen) atoms. The van der Waals surface area contributed by atoms with Crippen molar-refractivity contribution in [1.82, 2.24) is 10.3 Å². The summed E-state index contributed by atoms with van der Waals surface area (Å²) in [6.07, 6.45) is 2.66. The molecule has 0 aliphatic carbocycles. The number of hydrogen-bond donors (Lipinski definition) is 2. The first-order valence-corrected chi connectivity index (χ1v) is 9.44. The number of aromatic nitrogens is 1. The molecule has 9 heteroatoms. The SMILES string of the molecule is NC1=NS(=O)N=C1NCCCN(Cc1cccs1)c1ccccn1. The Kier molecular flexibility index (Phi) is 5.55. The lowest BCUT2D eigenvalue weighted by Crippen LogP contribution is -2.36. The lowest BCUT2D eigenvalue weighted by Gasteiger charge is -2.23. The highest BCUT2D eigenvalue weighted by atomic mass is 32.2. The predicted molar refractivity (Wildman–Crippen MR) is 99.4 cm³/mol. The Balaban J connectivity index is 1.55. The first kappa shape index (κ1) is 16.6. The van der Waals surface area contributed by atoms with Crippen LogP contribution in [0, 0.1) is 0 Å². The standard InChI is InChI=1S/C15H18N6OS2/c16-14-15(20-24(22)19-14)18-8-4-9-21(11-12-5-3-10-23-12)13-6-1-2-7-17-13/h1-3,5-7,10H,4,8-9,11H2,(H2,16,19)(H,18,20). The number of nitrogens with zero attached hydrogens (tertiary/aromatic N) is 4. The summed E-state index contributed by atoms with van der Waals surface area (Å²) in [4.78, 5) is 7.97. The summed E-state index contributed by atoms with van der Waals surface area (Å²) in [7, 11) is 0. The van der Waals surface area contributed by atoms with Gasteiger partial charge in [-0.05, 0) is 30.0 Å². The molecule has 7 nitrogen and oxygen atoms in total. The number of hydrogen-bond acceptors (Lipinski definition) is 6. The van der Waals surface area contributed by atoms with Gasteiger partial charge in [-0.3, -0.25) is 0 Å². The fraction of sp³-hybridized carbons (Fsp3) is 0.267. The topological polar surface area (TPSA) is 96.0 Å². The van der Waals surface area contributed by atoms with Crippen molar-refractivity contribution in [3.8, 4) is 0 Å². The maximum Gasteiger partial charge on any atom is 0.269 e. The Bertz CT molecular complexity index is 745. The number of nitrogens with two attached hydrogens (primary N) is 1. The number of anilines is 1. The van der Waals surface area contributed by atoms with Crippen LogP contribution in [0.5, 0.6) is 0 Å². The van der Waals surface area contributed by atoms with Gasteiger partial charge in [-0.1, -0.05) is 12.1 Å². The Morgan fingerprint density at radius 2 is 2.17 bits per heavy atom. The highest BCUT2D eigenvalue weighted by Gasteiger charge is 2.15. The van der Waals surface area contributed by atoms with Crippen molar-refractivity contribution in [2.24, 2.45) is 14.5 Å². The number of thiophene rings is 1. The Hall–Kier alpha value is -2.26. The van der Waals surface area contributed by atoms with E-state index in [1.54, 1.807) is 17.5 Å². The summed E-state index contributed by atoms with van der Waals surface area (Å²) in [6.45, 7) is 2.32. The molecular weight excluding hydrogens is 344 g/mol. The van der Waals surface area contributed by atoms with Crippen LogP contribution < -0.4 is 16.0 Å². The van der Waals surface area contributed by atoms with E-state index in [4.69, 9.17) is 5.73 Å². The van der Waals surface area contributed by atoms with Crippen molar-refractivity contribution >= 4 is 40.0 Å². The van der Waals surface area contributed by atoms with Crippen molar-refractivity contribution < 1.29 is 4.21 Å². The zero-order valence-corrected chi connectivity index (χ0v) is 14.6. The van der Waals surface area contributed by atoms with Gasteiger partial charge in [0.25, 0.3) is 11.2 Å². The molecule has 3 heterocycles. The van der Waals surface area contributed by atoms with Crippen LogP contribution in [0.25, 0.3) is 0 Å². The zero-order valence-electron chi connectivity index (χ0n) is 13.0. The monoisotopic (exact) mass is 362 g/mol. The predicted octanol–water partition coefficient (Wildman–Crippen LogP) is 1.48. The number of amidine groups is 2. The minimum atomic E-state index is -1.58. The molecule has 0 saturated heterocycles. The minimum Gasteiger partial charge on any atom is -0.380 e. The second kappa shape index (κ2) is 8.02. The van der Waals surface area contributed by atoms with Gasteiger partial charge in [0.1, 0.15) is 5.82 Å². The van der Waals surface area contributed by atoms with Crippen LogP contribution in [0.3, 0.4) is 0 Å². The first-order chi connectivity index (χ1) is 11.7. The third-order valence-electron chi connectivity index (χ3n) is 3.39. The molecule has 0 radical (unpaired) electrons. The van der Waals surface area contributed by atoms with Crippen molar-refractivity contribution in [2.75, 3.05) is 18.0 Å². The third kappa shape index (κ3) is 4.39. The molecule has 0 saturated carbocycles. The van der Waals surface area contributed by atoms with Crippen LogP contribution in [-0.4, -0.2) is 34.0 Å². The molecule has 2 aromatic heterocycles. The van der Waals surface area contributed by atoms with E-state index in [0.717, 1.165) is 25.3 Å². The van der Waals surface area contributed by atoms with Gasteiger partial charge >= 0.3 is 0 Å². The number of nitrogens with one attached hydrogen (secondary N) is 1. The van der Waals surface area contributed by atoms with Crippen molar-refractivity contribution in [1.29, 1.82) is 0 Å². The van der Waals surface area contributed by atoms with Crippen molar-refractivity contribution in [3.05, 3.63) is 46.8 Å². The van der Waals surface area contributed by atoms with Gasteiger partial charge in [-0.25, -0.2) is 9.19 Å². The van der Waals surface area contributed by atoms with Crippen LogP contribution in [-0.2, 0) is 17.7 Å². The molecule has 1 atom stereocenters. The third-order valence-corrected chi connectivity index (χ3v) is 4.94. The van der Waals surface area contributed by atoms with E-state index in [2.05, 4.69) is 41.5 Å². The average Bonchev–Trinajstić information content (AvgIpc) is 3.20. The second-order valence-corrected chi connectivity index (χ2v) is 6.98. The van der Waals surface area contributed by atoms with Crippen LogP contribution in [0.1, 0.15) is 11.3 Å². The fourth-order valence-electron chi connectivity index (χ4n) is 2.28. The molecule has 2 aromatic rings. The lowest BCUT2D eigenvalue weighted by atomic mass is 10.3. The van der Waals surface area contributed by atoms with E-state index < -0.39 is 11.2 Å². The van der Waals surface area contributed by atoms with Crippen molar-refractivity contribution in [3.63, 3.8) is 0 Å². The molecule has 3 N–H and O–H groups in total. The molecule has 1 aliphatic rings.